The minimum absolute atomic E-state index is 0.164. The van der Waals surface area contributed by atoms with Crippen LogP contribution in [0, 0.1) is 0 Å². The van der Waals surface area contributed by atoms with Crippen molar-refractivity contribution < 1.29 is 9.47 Å². The van der Waals surface area contributed by atoms with Gasteiger partial charge in [-0.15, -0.1) is 0 Å². The van der Waals surface area contributed by atoms with Crippen LogP contribution in [0.1, 0.15) is 0 Å². The predicted molar refractivity (Wildman–Crippen MR) is 214 cm³/mol. The van der Waals surface area contributed by atoms with Gasteiger partial charge in [0.1, 0.15) is 11.5 Å². The Balaban J connectivity index is 1.14. The molecule has 0 fully saturated rings. The molecule has 0 radical (unpaired) electrons. The van der Waals surface area contributed by atoms with Crippen molar-refractivity contribution in [1.82, 2.24) is 0 Å². The molecule has 1 heterocycles. The lowest BCUT2D eigenvalue weighted by Gasteiger charge is -2.17. The number of hydrogen-bond donors (Lipinski definition) is 0. The van der Waals surface area contributed by atoms with E-state index < -0.39 is 0 Å². The van der Waals surface area contributed by atoms with Crippen LogP contribution in [0.5, 0.6) is 11.5 Å². The highest BCUT2D eigenvalue weighted by molar-refractivity contribution is 6.17. The van der Waals surface area contributed by atoms with Crippen LogP contribution in [-0.4, -0.2) is 6.79 Å². The average Bonchev–Trinajstić information content (AvgIpc) is 3.38. The van der Waals surface area contributed by atoms with Crippen LogP contribution in [0.25, 0.3) is 98.0 Å². The van der Waals surface area contributed by atoms with Gasteiger partial charge in [0.25, 0.3) is 0 Å². The molecule has 10 aromatic carbocycles. The van der Waals surface area contributed by atoms with Gasteiger partial charge in [-0.05, 0) is 123 Å². The van der Waals surface area contributed by atoms with Gasteiger partial charge in [0.05, 0.1) is 0 Å². The minimum atomic E-state index is 0.164. The third-order valence-corrected chi connectivity index (χ3v) is 10.8. The zero-order valence-corrected chi connectivity index (χ0v) is 27.7. The highest BCUT2D eigenvalue weighted by Gasteiger charge is 2.23. The molecule has 1 aliphatic heterocycles. The summed E-state index contributed by atoms with van der Waals surface area (Å²) in [5, 5.41) is 14.6. The lowest BCUT2D eigenvalue weighted by atomic mass is 9.87. The highest BCUT2D eigenvalue weighted by Crippen LogP contribution is 2.49. The first-order valence-electron chi connectivity index (χ1n) is 17.5. The molecule has 0 atom stereocenters. The van der Waals surface area contributed by atoms with Crippen molar-refractivity contribution in [3.05, 3.63) is 170 Å². The Morgan fingerprint density at radius 3 is 1.00 bits per heavy atom. The van der Waals surface area contributed by atoms with Gasteiger partial charge in [-0.25, -0.2) is 0 Å². The number of fused-ring (bicyclic) bond motifs is 11. The second kappa shape index (κ2) is 10.9. The van der Waals surface area contributed by atoms with E-state index in [9.17, 15) is 0 Å². The van der Waals surface area contributed by atoms with Crippen LogP contribution < -0.4 is 9.47 Å². The number of benzene rings is 10. The topological polar surface area (TPSA) is 18.5 Å². The average molecular weight is 651 g/mol. The number of rotatable bonds is 2. The molecule has 1 aliphatic rings. The van der Waals surface area contributed by atoms with Crippen molar-refractivity contribution >= 4 is 64.6 Å². The van der Waals surface area contributed by atoms with Gasteiger partial charge < -0.3 is 9.47 Å². The summed E-state index contributed by atoms with van der Waals surface area (Å²) in [7, 11) is 0. The number of ether oxygens (including phenoxy) is 2. The molecule has 51 heavy (non-hydrogen) atoms. The van der Waals surface area contributed by atoms with Crippen LogP contribution in [0.3, 0.4) is 0 Å². The molecule has 0 unspecified atom stereocenters. The van der Waals surface area contributed by atoms with Crippen LogP contribution in [0.4, 0.5) is 0 Å². The molecular weight excluding hydrogens is 621 g/mol. The molecule has 11 rings (SSSR count). The Bertz CT molecular complexity index is 2750. The summed E-state index contributed by atoms with van der Waals surface area (Å²) in [6, 6.07) is 61.7. The maximum Gasteiger partial charge on any atom is 0.230 e. The molecule has 0 saturated heterocycles. The fourth-order valence-electron chi connectivity index (χ4n) is 8.49. The fraction of sp³-hybridized carbons (Fsp3) is 0.0204. The van der Waals surface area contributed by atoms with Gasteiger partial charge in [-0.2, -0.15) is 0 Å². The third-order valence-electron chi connectivity index (χ3n) is 10.8. The monoisotopic (exact) mass is 650 g/mol. The lowest BCUT2D eigenvalue weighted by molar-refractivity contribution is 0.125. The van der Waals surface area contributed by atoms with Gasteiger partial charge in [-0.3, -0.25) is 0 Å². The molecule has 2 nitrogen and oxygen atoms in total. The molecule has 0 aromatic heterocycles. The van der Waals surface area contributed by atoms with Crippen molar-refractivity contribution in [2.45, 2.75) is 0 Å². The van der Waals surface area contributed by atoms with Crippen LogP contribution in [-0.2, 0) is 0 Å². The zero-order valence-electron chi connectivity index (χ0n) is 27.7. The smallest absolute Gasteiger partial charge is 0.230 e. The molecule has 238 valence electrons. The molecule has 0 bridgehead atoms. The highest BCUT2D eigenvalue weighted by atomic mass is 16.7. The molecule has 2 heteroatoms. The van der Waals surface area contributed by atoms with E-state index in [1.807, 2.05) is 0 Å². The van der Waals surface area contributed by atoms with Crippen LogP contribution >= 0.6 is 0 Å². The Morgan fingerprint density at radius 2 is 0.608 bits per heavy atom. The second-order valence-electron chi connectivity index (χ2n) is 13.5. The summed E-state index contributed by atoms with van der Waals surface area (Å²) in [5.41, 5.74) is 7.07. The van der Waals surface area contributed by atoms with Crippen molar-refractivity contribution in [2.24, 2.45) is 0 Å². The van der Waals surface area contributed by atoms with Gasteiger partial charge in [0, 0.05) is 11.1 Å². The summed E-state index contributed by atoms with van der Waals surface area (Å²) >= 11 is 0. The van der Waals surface area contributed by atoms with Crippen LogP contribution in [0.2, 0.25) is 0 Å². The molecular formula is C49H30O2. The van der Waals surface area contributed by atoms with E-state index in [1.54, 1.807) is 0 Å². The van der Waals surface area contributed by atoms with E-state index in [2.05, 4.69) is 170 Å². The minimum Gasteiger partial charge on any atom is -0.457 e. The first-order chi connectivity index (χ1) is 25.3. The molecule has 0 aliphatic carbocycles. The van der Waals surface area contributed by atoms with Crippen molar-refractivity contribution in [1.29, 1.82) is 0 Å². The quantitative estimate of drug-likeness (QED) is 0.173. The van der Waals surface area contributed by atoms with Crippen molar-refractivity contribution in [3.8, 4) is 44.9 Å². The molecule has 0 N–H and O–H groups in total. The maximum absolute atomic E-state index is 6.29. The van der Waals surface area contributed by atoms with E-state index >= 15 is 0 Å². The standard InChI is InChI=1S/C49H30O2/c1-5-13-38-30(9-1)25-31-10-2-6-14-39(31)46(38)36-17-21-42-34(27-36)19-23-44-48(42)49-43-22-18-37(28-35(43)20-24-45(49)51-29-50-44)47-40-15-7-3-11-32(40)26-33-12-4-8-16-41(33)47/h1-28H,29H2. The van der Waals surface area contributed by atoms with Crippen LogP contribution in [0.15, 0.2) is 170 Å². The summed E-state index contributed by atoms with van der Waals surface area (Å²) < 4.78 is 12.6. The SMILES string of the molecule is c1ccc2c(-c3ccc4c5c(ccc4c3)OCOc3ccc4cc(-c6c7ccccc7cc7ccccc67)ccc4c3-5)c3ccccc3cc2c1. The number of hydrogen-bond acceptors (Lipinski definition) is 2. The van der Waals surface area contributed by atoms with Gasteiger partial charge in [0.2, 0.25) is 6.79 Å². The van der Waals surface area contributed by atoms with E-state index in [-0.39, 0.29) is 6.79 Å². The summed E-state index contributed by atoms with van der Waals surface area (Å²) in [5.74, 6) is 1.67. The Morgan fingerprint density at radius 1 is 0.275 bits per heavy atom. The summed E-state index contributed by atoms with van der Waals surface area (Å²) in [4.78, 5) is 0. The van der Waals surface area contributed by atoms with Crippen molar-refractivity contribution in [3.63, 3.8) is 0 Å². The molecule has 10 aromatic rings. The van der Waals surface area contributed by atoms with E-state index in [0.29, 0.717) is 0 Å². The Hall–Kier alpha value is -6.64. The molecule has 0 saturated carbocycles. The zero-order chi connectivity index (χ0) is 33.5. The van der Waals surface area contributed by atoms with Crippen molar-refractivity contribution in [2.75, 3.05) is 6.79 Å². The van der Waals surface area contributed by atoms with Gasteiger partial charge >= 0.3 is 0 Å². The first-order valence-corrected chi connectivity index (χ1v) is 17.5. The Kier molecular flexibility index (Phi) is 6.05. The lowest BCUT2D eigenvalue weighted by Crippen LogP contribution is -2.03. The van der Waals surface area contributed by atoms with Gasteiger partial charge in [-0.1, -0.05) is 133 Å². The van der Waals surface area contributed by atoms with E-state index in [0.717, 1.165) is 44.2 Å². The maximum atomic E-state index is 6.29. The van der Waals surface area contributed by atoms with E-state index in [4.69, 9.17) is 9.47 Å². The molecule has 0 amide bonds. The summed E-state index contributed by atoms with van der Waals surface area (Å²) in [6.07, 6.45) is 0. The van der Waals surface area contributed by atoms with Gasteiger partial charge in [0.15, 0.2) is 0 Å². The largest absolute Gasteiger partial charge is 0.457 e. The predicted octanol–water partition coefficient (Wildman–Crippen LogP) is 13.3. The third kappa shape index (κ3) is 4.30. The normalized spacial score (nSPS) is 12.5. The second-order valence-corrected chi connectivity index (χ2v) is 13.5. The molecule has 0 spiro atoms. The first kappa shape index (κ1) is 28.2. The Labute approximate surface area is 294 Å². The van der Waals surface area contributed by atoms with E-state index in [1.165, 1.54) is 65.3 Å². The summed E-state index contributed by atoms with van der Waals surface area (Å²) in [6.45, 7) is 0.164. The fourth-order valence-corrected chi connectivity index (χ4v) is 8.49.